The molecule has 0 atom stereocenters. The van der Waals surface area contributed by atoms with Crippen LogP contribution in [-0.2, 0) is 6.61 Å². The first-order chi connectivity index (χ1) is 6.76. The van der Waals surface area contributed by atoms with Crippen LogP contribution >= 0.6 is 15.9 Å². The minimum atomic E-state index is -0.107. The van der Waals surface area contributed by atoms with Crippen molar-refractivity contribution in [1.29, 1.82) is 0 Å². The summed E-state index contributed by atoms with van der Waals surface area (Å²) in [4.78, 5) is 0. The zero-order valence-corrected chi connectivity index (χ0v) is 9.17. The SMILES string of the molecule is COc1ccc(Br)c2cc(CO)oc12. The van der Waals surface area contributed by atoms with E-state index < -0.39 is 0 Å². The van der Waals surface area contributed by atoms with Gasteiger partial charge in [-0.05, 0) is 18.2 Å². The van der Waals surface area contributed by atoms with Gasteiger partial charge in [0.15, 0.2) is 11.3 Å². The van der Waals surface area contributed by atoms with Gasteiger partial charge in [-0.1, -0.05) is 15.9 Å². The average Bonchev–Trinajstić information content (AvgIpc) is 2.63. The lowest BCUT2D eigenvalue weighted by Gasteiger charge is -2.00. The molecule has 0 radical (unpaired) electrons. The third-order valence-corrected chi connectivity index (χ3v) is 2.71. The summed E-state index contributed by atoms with van der Waals surface area (Å²) in [6.07, 6.45) is 0. The molecule has 4 heteroatoms. The molecule has 2 rings (SSSR count). The summed E-state index contributed by atoms with van der Waals surface area (Å²) < 4.78 is 11.5. The van der Waals surface area contributed by atoms with Gasteiger partial charge in [-0.3, -0.25) is 0 Å². The molecule has 0 saturated heterocycles. The maximum atomic E-state index is 8.94. The zero-order chi connectivity index (χ0) is 10.1. The van der Waals surface area contributed by atoms with E-state index in [1.54, 1.807) is 13.2 Å². The lowest BCUT2D eigenvalue weighted by atomic mass is 10.2. The number of fused-ring (bicyclic) bond motifs is 1. The van der Waals surface area contributed by atoms with Crippen molar-refractivity contribution in [2.75, 3.05) is 7.11 Å². The van der Waals surface area contributed by atoms with Crippen molar-refractivity contribution in [1.82, 2.24) is 0 Å². The number of aliphatic hydroxyl groups is 1. The maximum Gasteiger partial charge on any atom is 0.177 e. The zero-order valence-electron chi connectivity index (χ0n) is 7.58. The molecule has 0 spiro atoms. The number of rotatable bonds is 2. The van der Waals surface area contributed by atoms with Crippen LogP contribution in [0.15, 0.2) is 27.1 Å². The Morgan fingerprint density at radius 3 is 2.93 bits per heavy atom. The molecule has 74 valence electrons. The van der Waals surface area contributed by atoms with Crippen LogP contribution in [0.1, 0.15) is 5.76 Å². The molecule has 0 aliphatic heterocycles. The fourth-order valence-electron chi connectivity index (χ4n) is 1.36. The van der Waals surface area contributed by atoms with Crippen molar-refractivity contribution >= 4 is 26.9 Å². The number of ether oxygens (including phenoxy) is 1. The first-order valence-corrected chi connectivity index (χ1v) is 4.91. The van der Waals surface area contributed by atoms with Crippen molar-refractivity contribution in [3.05, 3.63) is 28.4 Å². The number of hydrogen-bond donors (Lipinski definition) is 1. The largest absolute Gasteiger partial charge is 0.493 e. The summed E-state index contributed by atoms with van der Waals surface area (Å²) in [5.41, 5.74) is 0.658. The van der Waals surface area contributed by atoms with Gasteiger partial charge in [-0.25, -0.2) is 0 Å². The summed E-state index contributed by atoms with van der Waals surface area (Å²) in [5, 5.41) is 9.85. The van der Waals surface area contributed by atoms with Crippen LogP contribution in [0.5, 0.6) is 5.75 Å². The highest BCUT2D eigenvalue weighted by Gasteiger charge is 2.10. The molecule has 3 nitrogen and oxygen atoms in total. The van der Waals surface area contributed by atoms with Crippen molar-refractivity contribution in [2.24, 2.45) is 0 Å². The second-order valence-electron chi connectivity index (χ2n) is 2.86. The molecule has 0 unspecified atom stereocenters. The standard InChI is InChI=1S/C10H9BrO3/c1-13-9-3-2-8(11)7-4-6(5-12)14-10(7)9/h2-4,12H,5H2,1H3. The molecular weight excluding hydrogens is 248 g/mol. The van der Waals surface area contributed by atoms with Gasteiger partial charge >= 0.3 is 0 Å². The number of aliphatic hydroxyl groups excluding tert-OH is 1. The third kappa shape index (κ3) is 1.40. The second kappa shape index (κ2) is 3.63. The maximum absolute atomic E-state index is 8.94. The summed E-state index contributed by atoms with van der Waals surface area (Å²) in [6, 6.07) is 5.50. The lowest BCUT2D eigenvalue weighted by Crippen LogP contribution is -1.82. The number of furan rings is 1. The molecule has 0 fully saturated rings. The third-order valence-electron chi connectivity index (χ3n) is 2.02. The molecule has 2 aromatic rings. The summed E-state index contributed by atoms with van der Waals surface area (Å²) in [6.45, 7) is -0.107. The molecule has 1 aromatic heterocycles. The smallest absolute Gasteiger partial charge is 0.177 e. The van der Waals surface area contributed by atoms with Gasteiger partial charge < -0.3 is 14.3 Å². The van der Waals surface area contributed by atoms with Crippen LogP contribution in [0.25, 0.3) is 11.0 Å². The predicted octanol–water partition coefficient (Wildman–Crippen LogP) is 2.70. The van der Waals surface area contributed by atoms with E-state index in [2.05, 4.69) is 15.9 Å². The van der Waals surface area contributed by atoms with Crippen LogP contribution in [-0.4, -0.2) is 12.2 Å². The molecule has 0 bridgehead atoms. The molecule has 0 saturated carbocycles. The fourth-order valence-corrected chi connectivity index (χ4v) is 1.78. The van der Waals surface area contributed by atoms with Crippen LogP contribution in [0.3, 0.4) is 0 Å². The van der Waals surface area contributed by atoms with E-state index >= 15 is 0 Å². The van der Waals surface area contributed by atoms with Gasteiger partial charge in [0.25, 0.3) is 0 Å². The van der Waals surface area contributed by atoms with Gasteiger partial charge in [0, 0.05) is 9.86 Å². The monoisotopic (exact) mass is 256 g/mol. The Morgan fingerprint density at radius 2 is 2.29 bits per heavy atom. The predicted molar refractivity (Wildman–Crippen MR) is 56.4 cm³/mol. The molecule has 1 aromatic carbocycles. The molecule has 1 N–H and O–H groups in total. The van der Waals surface area contributed by atoms with Gasteiger partial charge in [0.05, 0.1) is 7.11 Å². The number of hydrogen-bond acceptors (Lipinski definition) is 3. The number of methoxy groups -OCH3 is 1. The van der Waals surface area contributed by atoms with Crippen molar-refractivity contribution in [3.8, 4) is 5.75 Å². The Bertz CT molecular complexity index is 462. The highest BCUT2D eigenvalue weighted by Crippen LogP contribution is 2.33. The van der Waals surface area contributed by atoms with Crippen molar-refractivity contribution in [3.63, 3.8) is 0 Å². The first-order valence-electron chi connectivity index (χ1n) is 4.12. The van der Waals surface area contributed by atoms with Gasteiger partial charge in [-0.15, -0.1) is 0 Å². The highest BCUT2D eigenvalue weighted by molar-refractivity contribution is 9.10. The average molecular weight is 257 g/mol. The summed E-state index contributed by atoms with van der Waals surface area (Å²) in [5.74, 6) is 1.20. The molecule has 14 heavy (non-hydrogen) atoms. The van der Waals surface area contributed by atoms with E-state index in [0.717, 1.165) is 9.86 Å². The van der Waals surface area contributed by atoms with Crippen LogP contribution < -0.4 is 4.74 Å². The van der Waals surface area contributed by atoms with E-state index in [1.807, 2.05) is 12.1 Å². The van der Waals surface area contributed by atoms with E-state index in [1.165, 1.54) is 0 Å². The minimum absolute atomic E-state index is 0.107. The number of benzene rings is 1. The Morgan fingerprint density at radius 1 is 1.50 bits per heavy atom. The topological polar surface area (TPSA) is 42.6 Å². The van der Waals surface area contributed by atoms with Gasteiger partial charge in [0.2, 0.25) is 0 Å². The van der Waals surface area contributed by atoms with Gasteiger partial charge in [0.1, 0.15) is 12.4 Å². The molecule has 0 aliphatic carbocycles. The van der Waals surface area contributed by atoms with E-state index in [4.69, 9.17) is 14.3 Å². The normalized spacial score (nSPS) is 10.8. The van der Waals surface area contributed by atoms with Gasteiger partial charge in [-0.2, -0.15) is 0 Å². The molecule has 1 heterocycles. The highest BCUT2D eigenvalue weighted by atomic mass is 79.9. The Balaban J connectivity index is 2.74. The molecule has 0 aliphatic rings. The molecular formula is C10H9BrO3. The fraction of sp³-hybridized carbons (Fsp3) is 0.200. The summed E-state index contributed by atoms with van der Waals surface area (Å²) >= 11 is 3.41. The van der Waals surface area contributed by atoms with E-state index in [9.17, 15) is 0 Å². The molecule has 0 amide bonds. The first kappa shape index (κ1) is 9.55. The van der Waals surface area contributed by atoms with Crippen molar-refractivity contribution in [2.45, 2.75) is 6.61 Å². The van der Waals surface area contributed by atoms with Crippen LogP contribution in [0.2, 0.25) is 0 Å². The lowest BCUT2D eigenvalue weighted by molar-refractivity contribution is 0.250. The quantitative estimate of drug-likeness (QED) is 0.899. The van der Waals surface area contributed by atoms with Crippen LogP contribution in [0, 0.1) is 0 Å². The van der Waals surface area contributed by atoms with Crippen LogP contribution in [0.4, 0.5) is 0 Å². The van der Waals surface area contributed by atoms with E-state index in [-0.39, 0.29) is 6.61 Å². The van der Waals surface area contributed by atoms with Crippen molar-refractivity contribution < 1.29 is 14.3 Å². The summed E-state index contributed by atoms with van der Waals surface area (Å²) in [7, 11) is 1.59. The minimum Gasteiger partial charge on any atom is -0.493 e. The van der Waals surface area contributed by atoms with E-state index in [0.29, 0.717) is 17.1 Å². The Hall–Kier alpha value is -1.00. The number of halogens is 1. The second-order valence-corrected chi connectivity index (χ2v) is 3.72. The Kier molecular flexibility index (Phi) is 2.48. The Labute approximate surface area is 89.4 Å².